The standard InChI is InChI=1S/C17H21N3O4S/c1-2-10-18-17(23)20-14(21)11-24-16(22)9-5-8-15-19-12-6-3-4-7-13(12)25-15/h3-4,6-7H,2,5,8-11H2,1H3,(H2,18,20,21,23). The summed E-state index contributed by atoms with van der Waals surface area (Å²) in [5.74, 6) is -1.11. The van der Waals surface area contributed by atoms with Crippen molar-refractivity contribution in [2.75, 3.05) is 13.2 Å². The van der Waals surface area contributed by atoms with Crippen LogP contribution < -0.4 is 10.6 Å². The molecular formula is C17H21N3O4S. The van der Waals surface area contributed by atoms with Gasteiger partial charge in [-0.25, -0.2) is 9.78 Å². The van der Waals surface area contributed by atoms with E-state index < -0.39 is 24.5 Å². The predicted octanol–water partition coefficient (Wildman–Crippen LogP) is 2.40. The van der Waals surface area contributed by atoms with Gasteiger partial charge in [-0.1, -0.05) is 19.1 Å². The Morgan fingerprint density at radius 2 is 2.04 bits per heavy atom. The molecule has 0 aliphatic carbocycles. The van der Waals surface area contributed by atoms with Crippen molar-refractivity contribution in [2.45, 2.75) is 32.6 Å². The lowest BCUT2D eigenvalue weighted by Crippen LogP contribution is -2.41. The molecule has 1 aromatic heterocycles. The molecule has 0 saturated heterocycles. The van der Waals surface area contributed by atoms with E-state index >= 15 is 0 Å². The minimum Gasteiger partial charge on any atom is -0.456 e. The van der Waals surface area contributed by atoms with E-state index in [0.29, 0.717) is 19.4 Å². The number of para-hydroxylation sites is 1. The molecule has 1 heterocycles. The van der Waals surface area contributed by atoms with Crippen LogP contribution in [0.2, 0.25) is 0 Å². The van der Waals surface area contributed by atoms with E-state index in [0.717, 1.165) is 21.6 Å². The third-order valence-electron chi connectivity index (χ3n) is 3.26. The zero-order chi connectivity index (χ0) is 18.1. The number of nitrogens with one attached hydrogen (secondary N) is 2. The van der Waals surface area contributed by atoms with Crippen molar-refractivity contribution in [3.63, 3.8) is 0 Å². The van der Waals surface area contributed by atoms with E-state index in [1.807, 2.05) is 31.2 Å². The summed E-state index contributed by atoms with van der Waals surface area (Å²) in [6.45, 7) is 1.92. The minimum atomic E-state index is -0.645. The molecule has 0 spiro atoms. The first-order valence-electron chi connectivity index (χ1n) is 8.16. The molecule has 2 rings (SSSR count). The fourth-order valence-corrected chi connectivity index (χ4v) is 3.08. The Morgan fingerprint density at radius 3 is 2.80 bits per heavy atom. The van der Waals surface area contributed by atoms with E-state index in [1.165, 1.54) is 0 Å². The second-order valence-corrected chi connectivity index (χ2v) is 6.51. The highest BCUT2D eigenvalue weighted by atomic mass is 32.1. The highest BCUT2D eigenvalue weighted by Gasteiger charge is 2.11. The number of thiazole rings is 1. The second-order valence-electron chi connectivity index (χ2n) is 5.39. The van der Waals surface area contributed by atoms with Crippen molar-refractivity contribution in [1.29, 1.82) is 0 Å². The first kappa shape index (κ1) is 18.9. The van der Waals surface area contributed by atoms with Gasteiger partial charge in [0.1, 0.15) is 0 Å². The number of rotatable bonds is 8. The number of hydrogen-bond donors (Lipinski definition) is 2. The number of imide groups is 1. The molecule has 134 valence electrons. The Labute approximate surface area is 149 Å². The van der Waals surface area contributed by atoms with Crippen LogP contribution in [0.3, 0.4) is 0 Å². The molecule has 0 aliphatic heterocycles. The number of carbonyl (C=O) groups excluding carboxylic acids is 3. The number of aryl methyl sites for hydroxylation is 1. The Morgan fingerprint density at radius 1 is 1.24 bits per heavy atom. The molecule has 0 radical (unpaired) electrons. The fraction of sp³-hybridized carbons (Fsp3) is 0.412. The van der Waals surface area contributed by atoms with Crippen LogP contribution in [0, 0.1) is 0 Å². The molecular weight excluding hydrogens is 342 g/mol. The molecule has 0 atom stereocenters. The number of aromatic nitrogens is 1. The number of carbonyl (C=O) groups is 3. The van der Waals surface area contributed by atoms with Crippen molar-refractivity contribution in [2.24, 2.45) is 0 Å². The highest BCUT2D eigenvalue weighted by molar-refractivity contribution is 7.18. The molecule has 25 heavy (non-hydrogen) atoms. The molecule has 3 amide bonds. The van der Waals surface area contributed by atoms with Crippen molar-refractivity contribution in [1.82, 2.24) is 15.6 Å². The average Bonchev–Trinajstić information content (AvgIpc) is 3.01. The number of benzene rings is 1. The summed E-state index contributed by atoms with van der Waals surface area (Å²) in [6, 6.07) is 7.30. The maximum atomic E-state index is 11.6. The lowest BCUT2D eigenvalue weighted by Gasteiger charge is -2.06. The predicted molar refractivity (Wildman–Crippen MR) is 95.3 cm³/mol. The van der Waals surface area contributed by atoms with Gasteiger partial charge in [0.15, 0.2) is 6.61 Å². The average molecular weight is 363 g/mol. The number of urea groups is 1. The number of nitrogens with zero attached hydrogens (tertiary/aromatic N) is 1. The number of ether oxygens (including phenoxy) is 1. The van der Waals surface area contributed by atoms with Crippen LogP contribution in [0.1, 0.15) is 31.2 Å². The molecule has 0 aliphatic rings. The molecule has 0 saturated carbocycles. The van der Waals surface area contributed by atoms with Gasteiger partial charge in [0, 0.05) is 13.0 Å². The maximum Gasteiger partial charge on any atom is 0.321 e. The summed E-state index contributed by atoms with van der Waals surface area (Å²) >= 11 is 1.61. The first-order chi connectivity index (χ1) is 12.1. The number of hydrogen-bond acceptors (Lipinski definition) is 6. The van der Waals surface area contributed by atoms with Gasteiger partial charge < -0.3 is 10.1 Å². The first-order valence-corrected chi connectivity index (χ1v) is 8.98. The van der Waals surface area contributed by atoms with E-state index in [-0.39, 0.29) is 6.42 Å². The third kappa shape index (κ3) is 6.50. The molecule has 8 heteroatoms. The summed E-state index contributed by atoms with van der Waals surface area (Å²) in [4.78, 5) is 38.9. The van der Waals surface area contributed by atoms with Crippen LogP contribution in [0.5, 0.6) is 0 Å². The maximum absolute atomic E-state index is 11.6. The lowest BCUT2D eigenvalue weighted by atomic mass is 10.2. The van der Waals surface area contributed by atoms with Crippen LogP contribution in [-0.2, 0) is 20.7 Å². The van der Waals surface area contributed by atoms with Gasteiger partial charge in [-0.2, -0.15) is 0 Å². The van der Waals surface area contributed by atoms with Crippen LogP contribution in [0.15, 0.2) is 24.3 Å². The van der Waals surface area contributed by atoms with Crippen molar-refractivity contribution in [3.05, 3.63) is 29.3 Å². The summed E-state index contributed by atoms with van der Waals surface area (Å²) in [7, 11) is 0. The molecule has 0 bridgehead atoms. The highest BCUT2D eigenvalue weighted by Crippen LogP contribution is 2.22. The Kier molecular flexibility index (Phi) is 7.34. The van der Waals surface area contributed by atoms with Gasteiger partial charge in [0.25, 0.3) is 5.91 Å². The third-order valence-corrected chi connectivity index (χ3v) is 4.36. The summed E-state index contributed by atoms with van der Waals surface area (Å²) < 4.78 is 5.98. The second kappa shape index (κ2) is 9.73. The fourth-order valence-electron chi connectivity index (χ4n) is 2.07. The normalized spacial score (nSPS) is 10.4. The van der Waals surface area contributed by atoms with Gasteiger partial charge in [-0.15, -0.1) is 11.3 Å². The van der Waals surface area contributed by atoms with Crippen LogP contribution in [0.4, 0.5) is 4.79 Å². The van der Waals surface area contributed by atoms with Gasteiger partial charge >= 0.3 is 12.0 Å². The zero-order valence-electron chi connectivity index (χ0n) is 14.0. The Hall–Kier alpha value is -2.48. The van der Waals surface area contributed by atoms with Crippen LogP contribution in [-0.4, -0.2) is 36.0 Å². The van der Waals surface area contributed by atoms with Gasteiger partial charge in [0.2, 0.25) is 0 Å². The summed E-state index contributed by atoms with van der Waals surface area (Å²) in [5.41, 5.74) is 0.961. The molecule has 0 fully saturated rings. The summed E-state index contributed by atoms with van der Waals surface area (Å²) in [6.07, 6.45) is 2.24. The van der Waals surface area contributed by atoms with Crippen LogP contribution >= 0.6 is 11.3 Å². The smallest absolute Gasteiger partial charge is 0.321 e. The van der Waals surface area contributed by atoms with Crippen LogP contribution in [0.25, 0.3) is 10.2 Å². The molecule has 2 N–H and O–H groups in total. The number of fused-ring (bicyclic) bond motifs is 1. The molecule has 7 nitrogen and oxygen atoms in total. The van der Waals surface area contributed by atoms with Gasteiger partial charge in [0.05, 0.1) is 15.2 Å². The molecule has 1 aromatic carbocycles. The lowest BCUT2D eigenvalue weighted by molar-refractivity contribution is -0.148. The van der Waals surface area contributed by atoms with Crippen molar-refractivity contribution in [3.8, 4) is 0 Å². The molecule has 2 aromatic rings. The van der Waals surface area contributed by atoms with E-state index in [4.69, 9.17) is 4.74 Å². The minimum absolute atomic E-state index is 0.200. The Bertz CT molecular complexity index is 711. The topological polar surface area (TPSA) is 97.4 Å². The molecule has 0 unspecified atom stereocenters. The monoisotopic (exact) mass is 363 g/mol. The van der Waals surface area contributed by atoms with Crippen molar-refractivity contribution >= 4 is 39.5 Å². The number of amides is 3. The Balaban J connectivity index is 1.63. The summed E-state index contributed by atoms with van der Waals surface area (Å²) in [5, 5.41) is 5.56. The van der Waals surface area contributed by atoms with Gasteiger partial charge in [-0.05, 0) is 31.4 Å². The van der Waals surface area contributed by atoms with E-state index in [2.05, 4.69) is 15.6 Å². The van der Waals surface area contributed by atoms with E-state index in [9.17, 15) is 14.4 Å². The van der Waals surface area contributed by atoms with Gasteiger partial charge in [-0.3, -0.25) is 14.9 Å². The number of esters is 1. The van der Waals surface area contributed by atoms with E-state index in [1.54, 1.807) is 11.3 Å². The zero-order valence-corrected chi connectivity index (χ0v) is 14.9. The van der Waals surface area contributed by atoms with Crippen molar-refractivity contribution < 1.29 is 19.1 Å². The SMILES string of the molecule is CCCNC(=O)NC(=O)COC(=O)CCCc1nc2ccccc2s1. The quantitative estimate of drug-likeness (QED) is 0.702. The largest absolute Gasteiger partial charge is 0.456 e.